The lowest BCUT2D eigenvalue weighted by molar-refractivity contribution is -0.383. The number of nitrogens with one attached hydrogen (secondary N) is 1. The third-order valence-corrected chi connectivity index (χ3v) is 3.35. The van der Waals surface area contributed by atoms with Crippen molar-refractivity contribution in [2.45, 2.75) is 0 Å². The molecule has 0 radical (unpaired) electrons. The molecule has 0 aliphatic carbocycles. The molecule has 2 aromatic carbocycles. The number of benzene rings is 2. The molecule has 0 heterocycles. The molecule has 3 N–H and O–H groups in total. The minimum absolute atomic E-state index is 0.00560. The standard InChI is InChI=1S/C13H9BrFN3O3/c14-8-2-1-3-9(15)12(8)17-13(19)7-4-5-10(16)11(6-7)18(20)21/h1-6H,16H2,(H,17,19). The van der Waals surface area contributed by atoms with E-state index in [0.29, 0.717) is 4.47 Å². The Labute approximate surface area is 127 Å². The van der Waals surface area contributed by atoms with E-state index in [1.54, 1.807) is 6.07 Å². The number of anilines is 2. The van der Waals surface area contributed by atoms with Crippen LogP contribution in [0.25, 0.3) is 0 Å². The molecule has 0 atom stereocenters. The van der Waals surface area contributed by atoms with Gasteiger partial charge in [-0.05, 0) is 40.2 Å². The zero-order valence-corrected chi connectivity index (χ0v) is 12.1. The van der Waals surface area contributed by atoms with E-state index in [9.17, 15) is 19.3 Å². The molecule has 0 aliphatic heterocycles. The summed E-state index contributed by atoms with van der Waals surface area (Å²) in [6, 6.07) is 7.84. The van der Waals surface area contributed by atoms with Crippen molar-refractivity contribution in [3.8, 4) is 0 Å². The predicted octanol–water partition coefficient (Wildman–Crippen LogP) is 3.33. The summed E-state index contributed by atoms with van der Waals surface area (Å²) in [7, 11) is 0. The van der Waals surface area contributed by atoms with Gasteiger partial charge in [-0.15, -0.1) is 0 Å². The molecule has 0 unspecified atom stereocenters. The number of hydrogen-bond acceptors (Lipinski definition) is 4. The second-order valence-corrected chi connectivity index (χ2v) is 4.94. The number of nitro groups is 1. The fraction of sp³-hybridized carbons (Fsp3) is 0. The first kappa shape index (κ1) is 14.9. The molecular formula is C13H9BrFN3O3. The predicted molar refractivity (Wildman–Crippen MR) is 79.6 cm³/mol. The lowest BCUT2D eigenvalue weighted by Crippen LogP contribution is -2.14. The molecule has 0 aliphatic rings. The quantitative estimate of drug-likeness (QED) is 0.502. The first-order valence-corrected chi connectivity index (χ1v) is 6.48. The highest BCUT2D eigenvalue weighted by molar-refractivity contribution is 9.10. The smallest absolute Gasteiger partial charge is 0.292 e. The Bertz CT molecular complexity index is 716. The molecule has 21 heavy (non-hydrogen) atoms. The second-order valence-electron chi connectivity index (χ2n) is 4.08. The molecule has 2 aromatic rings. The number of para-hydroxylation sites is 1. The highest BCUT2D eigenvalue weighted by atomic mass is 79.9. The van der Waals surface area contributed by atoms with E-state index in [-0.39, 0.29) is 22.6 Å². The number of carbonyl (C=O) groups excluding carboxylic acids is 1. The summed E-state index contributed by atoms with van der Waals surface area (Å²) in [4.78, 5) is 22.1. The molecule has 6 nitrogen and oxygen atoms in total. The summed E-state index contributed by atoms with van der Waals surface area (Å²) in [5.74, 6) is -1.30. The van der Waals surface area contributed by atoms with Crippen LogP contribution < -0.4 is 11.1 Å². The van der Waals surface area contributed by atoms with Gasteiger partial charge in [0.05, 0.1) is 10.6 Å². The summed E-state index contributed by atoms with van der Waals surface area (Å²) < 4.78 is 14.0. The van der Waals surface area contributed by atoms with Crippen molar-refractivity contribution in [2.75, 3.05) is 11.1 Å². The monoisotopic (exact) mass is 353 g/mol. The summed E-state index contributed by atoms with van der Waals surface area (Å²) in [6.45, 7) is 0. The van der Waals surface area contributed by atoms with Gasteiger partial charge in [0, 0.05) is 16.1 Å². The molecule has 8 heteroatoms. The zero-order valence-electron chi connectivity index (χ0n) is 10.5. The minimum Gasteiger partial charge on any atom is -0.393 e. The Balaban J connectivity index is 2.33. The van der Waals surface area contributed by atoms with E-state index in [0.717, 1.165) is 6.07 Å². The number of nitrogen functional groups attached to an aromatic ring is 1. The van der Waals surface area contributed by atoms with Gasteiger partial charge in [-0.1, -0.05) is 6.07 Å². The van der Waals surface area contributed by atoms with Crippen molar-refractivity contribution in [3.05, 3.63) is 62.4 Å². The van der Waals surface area contributed by atoms with Gasteiger partial charge in [0.1, 0.15) is 11.5 Å². The summed E-state index contributed by atoms with van der Waals surface area (Å²) in [6.07, 6.45) is 0. The number of hydrogen-bond donors (Lipinski definition) is 2. The second kappa shape index (κ2) is 5.88. The lowest BCUT2D eigenvalue weighted by Gasteiger charge is -2.08. The van der Waals surface area contributed by atoms with Crippen LogP contribution in [0.2, 0.25) is 0 Å². The largest absolute Gasteiger partial charge is 0.393 e. The van der Waals surface area contributed by atoms with E-state index in [1.165, 1.54) is 24.3 Å². The molecule has 2 rings (SSSR count). The summed E-state index contributed by atoms with van der Waals surface area (Å²) >= 11 is 3.11. The maximum Gasteiger partial charge on any atom is 0.292 e. The third-order valence-electron chi connectivity index (χ3n) is 2.69. The molecule has 1 amide bonds. The number of amides is 1. The zero-order chi connectivity index (χ0) is 15.6. The van der Waals surface area contributed by atoms with Crippen LogP contribution in [0.15, 0.2) is 40.9 Å². The Hall–Kier alpha value is -2.48. The van der Waals surface area contributed by atoms with E-state index < -0.39 is 16.6 Å². The van der Waals surface area contributed by atoms with Crippen LogP contribution >= 0.6 is 15.9 Å². The van der Waals surface area contributed by atoms with Crippen molar-refractivity contribution >= 4 is 38.9 Å². The van der Waals surface area contributed by atoms with Gasteiger partial charge in [0.25, 0.3) is 11.6 Å². The number of nitro benzene ring substituents is 1. The van der Waals surface area contributed by atoms with Gasteiger partial charge in [-0.3, -0.25) is 14.9 Å². The molecule has 108 valence electrons. The van der Waals surface area contributed by atoms with Crippen LogP contribution in [0.3, 0.4) is 0 Å². The fourth-order valence-electron chi connectivity index (χ4n) is 1.65. The summed E-state index contributed by atoms with van der Waals surface area (Å²) in [5.41, 5.74) is 4.98. The van der Waals surface area contributed by atoms with Crippen LogP contribution in [-0.2, 0) is 0 Å². The number of nitrogens with zero attached hydrogens (tertiary/aromatic N) is 1. The van der Waals surface area contributed by atoms with Crippen molar-refractivity contribution in [1.82, 2.24) is 0 Å². The Kier molecular flexibility index (Phi) is 4.18. The average Bonchev–Trinajstić information content (AvgIpc) is 2.43. The van der Waals surface area contributed by atoms with E-state index in [2.05, 4.69) is 21.2 Å². The van der Waals surface area contributed by atoms with E-state index in [1.807, 2.05) is 0 Å². The summed E-state index contributed by atoms with van der Waals surface area (Å²) in [5, 5.41) is 13.1. The van der Waals surface area contributed by atoms with Crippen LogP contribution in [0.5, 0.6) is 0 Å². The van der Waals surface area contributed by atoms with Crippen LogP contribution in [0.1, 0.15) is 10.4 Å². The van der Waals surface area contributed by atoms with Crippen molar-refractivity contribution in [2.24, 2.45) is 0 Å². The van der Waals surface area contributed by atoms with Gasteiger partial charge >= 0.3 is 0 Å². The Morgan fingerprint density at radius 2 is 2.05 bits per heavy atom. The average molecular weight is 354 g/mol. The van der Waals surface area contributed by atoms with E-state index in [4.69, 9.17) is 5.73 Å². The topological polar surface area (TPSA) is 98.3 Å². The highest BCUT2D eigenvalue weighted by Gasteiger charge is 2.17. The molecule has 0 saturated heterocycles. The van der Waals surface area contributed by atoms with Crippen molar-refractivity contribution in [3.63, 3.8) is 0 Å². The van der Waals surface area contributed by atoms with Crippen molar-refractivity contribution in [1.29, 1.82) is 0 Å². The van der Waals surface area contributed by atoms with Gasteiger partial charge in [-0.25, -0.2) is 4.39 Å². The van der Waals surface area contributed by atoms with E-state index >= 15 is 0 Å². The van der Waals surface area contributed by atoms with Crippen LogP contribution in [-0.4, -0.2) is 10.8 Å². The fourth-order valence-corrected chi connectivity index (χ4v) is 2.09. The van der Waals surface area contributed by atoms with Crippen LogP contribution in [0, 0.1) is 15.9 Å². The first-order chi connectivity index (χ1) is 9.90. The number of rotatable bonds is 3. The first-order valence-electron chi connectivity index (χ1n) is 5.69. The molecule has 0 saturated carbocycles. The highest BCUT2D eigenvalue weighted by Crippen LogP contribution is 2.27. The van der Waals surface area contributed by atoms with Gasteiger partial charge in [0.2, 0.25) is 0 Å². The Morgan fingerprint density at radius 1 is 1.33 bits per heavy atom. The lowest BCUT2D eigenvalue weighted by atomic mass is 10.1. The molecule has 0 spiro atoms. The third kappa shape index (κ3) is 3.16. The minimum atomic E-state index is -0.689. The van der Waals surface area contributed by atoms with Crippen molar-refractivity contribution < 1.29 is 14.1 Å². The van der Waals surface area contributed by atoms with Crippen LogP contribution in [0.4, 0.5) is 21.5 Å². The maximum absolute atomic E-state index is 13.6. The van der Waals surface area contributed by atoms with Gasteiger partial charge < -0.3 is 11.1 Å². The number of halogens is 2. The maximum atomic E-state index is 13.6. The van der Waals surface area contributed by atoms with Gasteiger partial charge in [0.15, 0.2) is 0 Å². The molecule has 0 bridgehead atoms. The Morgan fingerprint density at radius 3 is 2.67 bits per heavy atom. The van der Waals surface area contributed by atoms with Gasteiger partial charge in [-0.2, -0.15) is 0 Å². The number of nitrogens with two attached hydrogens (primary N) is 1. The molecule has 0 fully saturated rings. The SMILES string of the molecule is Nc1ccc(C(=O)Nc2c(F)cccc2Br)cc1[N+](=O)[O-]. The normalized spacial score (nSPS) is 10.2. The molecule has 0 aromatic heterocycles. The number of carbonyl (C=O) groups is 1. The molecular weight excluding hydrogens is 345 g/mol.